The van der Waals surface area contributed by atoms with Crippen LogP contribution in [0.25, 0.3) is 0 Å². The van der Waals surface area contributed by atoms with Crippen LogP contribution in [0.15, 0.2) is 53.5 Å². The Morgan fingerprint density at radius 3 is 2.46 bits per heavy atom. The van der Waals surface area contributed by atoms with Crippen molar-refractivity contribution in [2.75, 3.05) is 14.1 Å². The fourth-order valence-corrected chi connectivity index (χ4v) is 2.15. The average molecular weight is 443 g/mol. The summed E-state index contributed by atoms with van der Waals surface area (Å²) in [5.74, 6) is 0.360. The van der Waals surface area contributed by atoms with E-state index in [2.05, 4.69) is 10.3 Å². The molecule has 0 saturated heterocycles. The molecule has 4 nitrogen and oxygen atoms in total. The fraction of sp³-hybridized carbons (Fsp3) is 0.278. The highest BCUT2D eigenvalue weighted by atomic mass is 127. The molecule has 0 atom stereocenters. The number of hydrogen-bond donors (Lipinski definition) is 2. The number of guanidine groups is 1. The van der Waals surface area contributed by atoms with Crippen LogP contribution in [0.4, 0.5) is 4.39 Å². The van der Waals surface area contributed by atoms with Crippen LogP contribution in [0.2, 0.25) is 0 Å². The van der Waals surface area contributed by atoms with E-state index in [1.54, 1.807) is 12.1 Å². The molecule has 0 unspecified atom stereocenters. The molecule has 2 aromatic carbocycles. The van der Waals surface area contributed by atoms with Crippen molar-refractivity contribution in [3.63, 3.8) is 0 Å². The molecule has 2 rings (SSSR count). The largest absolute Gasteiger partial charge is 0.392 e. The minimum absolute atomic E-state index is 0. The summed E-state index contributed by atoms with van der Waals surface area (Å²) < 4.78 is 13.4. The van der Waals surface area contributed by atoms with Gasteiger partial charge in [0.15, 0.2) is 5.96 Å². The van der Waals surface area contributed by atoms with Gasteiger partial charge in [0.25, 0.3) is 0 Å². The first-order valence-corrected chi connectivity index (χ1v) is 7.48. The van der Waals surface area contributed by atoms with Crippen LogP contribution in [0.5, 0.6) is 0 Å². The highest BCUT2D eigenvalue weighted by Crippen LogP contribution is 2.11. The molecule has 130 valence electrons. The molecule has 0 spiro atoms. The highest BCUT2D eigenvalue weighted by Gasteiger charge is 2.04. The molecule has 0 fully saturated rings. The molecule has 0 radical (unpaired) electrons. The molecular weight excluding hydrogens is 420 g/mol. The summed E-state index contributed by atoms with van der Waals surface area (Å²) in [6.07, 6.45) is 0. The maximum Gasteiger partial charge on any atom is 0.194 e. The van der Waals surface area contributed by atoms with Crippen LogP contribution in [-0.4, -0.2) is 30.1 Å². The smallest absolute Gasteiger partial charge is 0.194 e. The van der Waals surface area contributed by atoms with Crippen molar-refractivity contribution in [1.82, 2.24) is 10.2 Å². The summed E-state index contributed by atoms with van der Waals surface area (Å²) >= 11 is 0. The van der Waals surface area contributed by atoms with Gasteiger partial charge < -0.3 is 15.3 Å². The van der Waals surface area contributed by atoms with Crippen LogP contribution in [0.3, 0.4) is 0 Å². The summed E-state index contributed by atoms with van der Waals surface area (Å²) in [5, 5.41) is 12.4. The first-order chi connectivity index (χ1) is 11.1. The molecule has 24 heavy (non-hydrogen) atoms. The van der Waals surface area contributed by atoms with Gasteiger partial charge in [-0.05, 0) is 23.3 Å². The standard InChI is InChI=1S/C18H22FN3O.HI/c1-22(2)18(20-11-14-6-4-3-5-7-14)21-12-15-8-9-17(19)16(10-15)13-23;/h3-10,23H,11-13H2,1-2H3,(H,20,21);1H. The quantitative estimate of drug-likeness (QED) is 0.424. The number of hydrogen-bond acceptors (Lipinski definition) is 2. The number of nitrogens with zero attached hydrogens (tertiary/aromatic N) is 2. The Morgan fingerprint density at radius 2 is 1.83 bits per heavy atom. The Kier molecular flexibility index (Phi) is 8.70. The van der Waals surface area contributed by atoms with Crippen molar-refractivity contribution in [1.29, 1.82) is 0 Å². The number of rotatable bonds is 5. The van der Waals surface area contributed by atoms with Crippen LogP contribution in [-0.2, 0) is 19.7 Å². The van der Waals surface area contributed by atoms with Crippen LogP contribution in [0, 0.1) is 5.82 Å². The second-order valence-electron chi connectivity index (χ2n) is 5.46. The maximum atomic E-state index is 13.4. The predicted molar refractivity (Wildman–Crippen MR) is 106 cm³/mol. The third-order valence-electron chi connectivity index (χ3n) is 3.41. The van der Waals surface area contributed by atoms with Gasteiger partial charge in [-0.3, -0.25) is 0 Å². The molecule has 2 N–H and O–H groups in total. The van der Waals surface area contributed by atoms with E-state index in [4.69, 9.17) is 5.11 Å². The molecule has 0 saturated carbocycles. The van der Waals surface area contributed by atoms with E-state index in [0.29, 0.717) is 18.7 Å². The van der Waals surface area contributed by atoms with Crippen molar-refractivity contribution < 1.29 is 9.50 Å². The van der Waals surface area contributed by atoms with Gasteiger partial charge in [0.2, 0.25) is 0 Å². The molecule has 0 heterocycles. The summed E-state index contributed by atoms with van der Waals surface area (Å²) in [4.78, 5) is 6.44. The normalized spacial score (nSPS) is 10.9. The van der Waals surface area contributed by atoms with E-state index in [1.807, 2.05) is 49.3 Å². The zero-order valence-corrected chi connectivity index (χ0v) is 16.2. The SMILES string of the molecule is CN(C)C(=NCc1ccc(F)c(CO)c1)NCc1ccccc1.I. The summed E-state index contributed by atoms with van der Waals surface area (Å²) in [6.45, 7) is 0.794. The zero-order valence-electron chi connectivity index (χ0n) is 13.9. The maximum absolute atomic E-state index is 13.4. The van der Waals surface area contributed by atoms with Gasteiger partial charge in [0.1, 0.15) is 5.82 Å². The van der Waals surface area contributed by atoms with Gasteiger partial charge in [0, 0.05) is 26.2 Å². The third kappa shape index (κ3) is 6.09. The lowest BCUT2D eigenvalue weighted by Gasteiger charge is -2.18. The van der Waals surface area contributed by atoms with Crippen molar-refractivity contribution >= 4 is 29.9 Å². The van der Waals surface area contributed by atoms with Crippen molar-refractivity contribution in [3.05, 3.63) is 71.0 Å². The molecule has 6 heteroatoms. The van der Waals surface area contributed by atoms with Gasteiger partial charge in [-0.15, -0.1) is 24.0 Å². The summed E-state index contributed by atoms with van der Waals surface area (Å²) in [7, 11) is 3.83. The van der Waals surface area contributed by atoms with E-state index in [0.717, 1.165) is 11.5 Å². The number of benzene rings is 2. The third-order valence-corrected chi connectivity index (χ3v) is 3.41. The average Bonchev–Trinajstić information content (AvgIpc) is 2.56. The molecule has 2 aromatic rings. The van der Waals surface area contributed by atoms with Crippen LogP contribution in [0.1, 0.15) is 16.7 Å². The van der Waals surface area contributed by atoms with Gasteiger partial charge in [-0.2, -0.15) is 0 Å². The van der Waals surface area contributed by atoms with Gasteiger partial charge in [-0.1, -0.05) is 36.4 Å². The molecule has 0 aliphatic rings. The minimum Gasteiger partial charge on any atom is -0.392 e. The fourth-order valence-electron chi connectivity index (χ4n) is 2.15. The minimum atomic E-state index is -0.393. The van der Waals surface area contributed by atoms with E-state index in [9.17, 15) is 4.39 Å². The van der Waals surface area contributed by atoms with Crippen molar-refractivity contribution in [3.8, 4) is 0 Å². The molecular formula is C18H23FIN3O. The Balaban J connectivity index is 0.00000288. The first-order valence-electron chi connectivity index (χ1n) is 7.48. The lowest BCUT2D eigenvalue weighted by molar-refractivity contribution is 0.275. The molecule has 0 bridgehead atoms. The van der Waals surface area contributed by atoms with Gasteiger partial charge >= 0.3 is 0 Å². The second-order valence-corrected chi connectivity index (χ2v) is 5.46. The zero-order chi connectivity index (χ0) is 16.7. The monoisotopic (exact) mass is 443 g/mol. The van der Waals surface area contributed by atoms with Crippen LogP contribution >= 0.6 is 24.0 Å². The Morgan fingerprint density at radius 1 is 1.12 bits per heavy atom. The number of nitrogens with one attached hydrogen (secondary N) is 1. The van der Waals surface area contributed by atoms with Crippen molar-refractivity contribution in [2.45, 2.75) is 19.7 Å². The molecule has 0 aliphatic heterocycles. The van der Waals surface area contributed by atoms with E-state index < -0.39 is 5.82 Å². The molecule has 0 amide bonds. The first kappa shape index (κ1) is 20.4. The highest BCUT2D eigenvalue weighted by molar-refractivity contribution is 14.0. The topological polar surface area (TPSA) is 47.9 Å². The number of aliphatic hydroxyl groups is 1. The molecule has 0 aliphatic carbocycles. The van der Waals surface area contributed by atoms with Gasteiger partial charge in [0.05, 0.1) is 13.2 Å². The second kappa shape index (κ2) is 10.2. The van der Waals surface area contributed by atoms with E-state index in [-0.39, 0.29) is 30.6 Å². The Hall–Kier alpha value is -1.67. The summed E-state index contributed by atoms with van der Waals surface area (Å²) in [6, 6.07) is 14.8. The lowest BCUT2D eigenvalue weighted by Crippen LogP contribution is -2.36. The predicted octanol–water partition coefficient (Wildman–Crippen LogP) is 3.14. The van der Waals surface area contributed by atoms with Crippen molar-refractivity contribution in [2.24, 2.45) is 4.99 Å². The Labute approximate surface area is 159 Å². The summed E-state index contributed by atoms with van der Waals surface area (Å²) in [5.41, 5.74) is 2.32. The number of halogens is 2. The lowest BCUT2D eigenvalue weighted by atomic mass is 10.1. The number of aliphatic hydroxyl groups excluding tert-OH is 1. The Bertz CT molecular complexity index is 663. The van der Waals surface area contributed by atoms with Crippen LogP contribution < -0.4 is 5.32 Å². The molecule has 0 aromatic heterocycles. The number of aliphatic imine (C=N–C) groups is 1. The van der Waals surface area contributed by atoms with E-state index in [1.165, 1.54) is 11.6 Å². The van der Waals surface area contributed by atoms with E-state index >= 15 is 0 Å². The van der Waals surface area contributed by atoms with Gasteiger partial charge in [-0.25, -0.2) is 9.38 Å².